The van der Waals surface area contributed by atoms with Crippen LogP contribution in [0.15, 0.2) is 60.3 Å². The van der Waals surface area contributed by atoms with Gasteiger partial charge in [-0.25, -0.2) is 0 Å². The van der Waals surface area contributed by atoms with Crippen molar-refractivity contribution >= 4 is 28.7 Å². The highest BCUT2D eigenvalue weighted by Crippen LogP contribution is 2.19. The van der Waals surface area contributed by atoms with Gasteiger partial charge in [0.2, 0.25) is 0 Å². The van der Waals surface area contributed by atoms with Crippen molar-refractivity contribution in [2.45, 2.75) is 0 Å². The Kier molecular flexibility index (Phi) is 6.14. The maximum absolute atomic E-state index is 12.3. The number of likely N-dealkylation sites (N-methyl/N-ethyl adjacent to an activating group) is 1. The van der Waals surface area contributed by atoms with E-state index in [1.165, 1.54) is 11.9 Å². The number of nitrogens with zero attached hydrogens (tertiary/aromatic N) is 3. The van der Waals surface area contributed by atoms with Crippen LogP contribution in [0.3, 0.4) is 0 Å². The third kappa shape index (κ3) is 5.02. The van der Waals surface area contributed by atoms with E-state index in [0.717, 1.165) is 31.9 Å². The largest absolute Gasteiger partial charge is 0.399 e. The summed E-state index contributed by atoms with van der Waals surface area (Å²) in [5, 5.41) is 15.0. The van der Waals surface area contributed by atoms with Gasteiger partial charge in [0.25, 0.3) is 5.91 Å². The van der Waals surface area contributed by atoms with Crippen LogP contribution in [0.25, 0.3) is 0 Å². The van der Waals surface area contributed by atoms with E-state index in [2.05, 4.69) is 27.5 Å². The molecule has 7 heteroatoms. The van der Waals surface area contributed by atoms with Crippen LogP contribution in [-0.4, -0.2) is 44.0 Å². The first-order chi connectivity index (χ1) is 13.5. The van der Waals surface area contributed by atoms with Gasteiger partial charge in [0.15, 0.2) is 0 Å². The lowest BCUT2D eigenvalue weighted by Crippen LogP contribution is -2.44. The van der Waals surface area contributed by atoms with E-state index < -0.39 is 5.91 Å². The molecule has 1 amide bonds. The summed E-state index contributed by atoms with van der Waals surface area (Å²) >= 11 is 0. The van der Waals surface area contributed by atoms with Crippen molar-refractivity contribution in [1.29, 1.82) is 5.26 Å². The molecule has 0 aromatic heterocycles. The van der Waals surface area contributed by atoms with Crippen LogP contribution in [0, 0.1) is 11.3 Å². The molecule has 0 spiro atoms. The van der Waals surface area contributed by atoms with Crippen molar-refractivity contribution < 1.29 is 4.79 Å². The Morgan fingerprint density at radius 3 is 2.25 bits per heavy atom. The highest BCUT2D eigenvalue weighted by Gasteiger charge is 2.14. The first-order valence-electron chi connectivity index (χ1n) is 9.12. The van der Waals surface area contributed by atoms with Crippen molar-refractivity contribution in [2.24, 2.45) is 0 Å². The molecular formula is C21H24N6O. The van der Waals surface area contributed by atoms with E-state index in [0.29, 0.717) is 11.4 Å². The third-order valence-corrected chi connectivity index (χ3v) is 4.65. The number of hydrogen-bond donors (Lipinski definition) is 3. The van der Waals surface area contributed by atoms with E-state index >= 15 is 0 Å². The number of benzene rings is 2. The van der Waals surface area contributed by atoms with Gasteiger partial charge in [-0.15, -0.1) is 0 Å². The van der Waals surface area contributed by atoms with Gasteiger partial charge in [0.1, 0.15) is 11.6 Å². The molecule has 1 fully saturated rings. The van der Waals surface area contributed by atoms with E-state index in [1.807, 2.05) is 30.3 Å². The lowest BCUT2D eigenvalue weighted by atomic mass is 10.2. The van der Waals surface area contributed by atoms with Crippen LogP contribution in [0.4, 0.5) is 22.7 Å². The van der Waals surface area contributed by atoms with Crippen LogP contribution in [-0.2, 0) is 4.79 Å². The molecule has 3 rings (SSSR count). The predicted molar refractivity (Wildman–Crippen MR) is 113 cm³/mol. The standard InChI is InChI=1S/C21H24N6O/c1-26-10-12-27(13-11-26)20-8-6-18(7-9-20)24-15-16(14-22)21(28)25-19-4-2-17(23)3-5-19/h2-9,15,24H,10-13,23H2,1H3,(H,25,28)/b16-15-. The molecular weight excluding hydrogens is 352 g/mol. The van der Waals surface area contributed by atoms with Gasteiger partial charge >= 0.3 is 0 Å². The number of anilines is 4. The van der Waals surface area contributed by atoms with E-state index in [1.54, 1.807) is 24.3 Å². The molecule has 0 saturated carbocycles. The third-order valence-electron chi connectivity index (χ3n) is 4.65. The minimum absolute atomic E-state index is 0.0139. The average molecular weight is 376 g/mol. The molecule has 0 unspecified atom stereocenters. The normalized spacial score (nSPS) is 15.0. The number of nitrogens with two attached hydrogens (primary N) is 1. The van der Waals surface area contributed by atoms with Crippen molar-refractivity contribution in [1.82, 2.24) is 4.90 Å². The Hall–Kier alpha value is -3.50. The number of rotatable bonds is 5. The second kappa shape index (κ2) is 8.93. The number of nitrogen functional groups attached to an aromatic ring is 1. The lowest BCUT2D eigenvalue weighted by molar-refractivity contribution is -0.112. The molecule has 0 aliphatic carbocycles. The van der Waals surface area contributed by atoms with Crippen molar-refractivity contribution in [3.63, 3.8) is 0 Å². The number of piperazine rings is 1. The van der Waals surface area contributed by atoms with E-state index in [9.17, 15) is 10.1 Å². The Bertz CT molecular complexity index is 875. The van der Waals surface area contributed by atoms with E-state index in [-0.39, 0.29) is 5.57 Å². The Morgan fingerprint density at radius 2 is 1.64 bits per heavy atom. The van der Waals surface area contributed by atoms with Gasteiger partial charge < -0.3 is 26.2 Å². The first kappa shape index (κ1) is 19.3. The first-order valence-corrected chi connectivity index (χ1v) is 9.12. The molecule has 2 aromatic carbocycles. The Labute approximate surface area is 165 Å². The minimum Gasteiger partial charge on any atom is -0.399 e. The maximum Gasteiger partial charge on any atom is 0.267 e. The van der Waals surface area contributed by atoms with Gasteiger partial charge in [-0.05, 0) is 55.6 Å². The van der Waals surface area contributed by atoms with Gasteiger partial charge in [-0.3, -0.25) is 4.79 Å². The Balaban J connectivity index is 1.60. The number of nitriles is 1. The zero-order chi connectivity index (χ0) is 19.9. The molecule has 0 atom stereocenters. The average Bonchev–Trinajstić information content (AvgIpc) is 2.71. The summed E-state index contributed by atoms with van der Waals surface area (Å²) in [6, 6.07) is 16.6. The molecule has 28 heavy (non-hydrogen) atoms. The zero-order valence-corrected chi connectivity index (χ0v) is 15.9. The smallest absolute Gasteiger partial charge is 0.267 e. The molecule has 7 nitrogen and oxygen atoms in total. The molecule has 1 saturated heterocycles. The van der Waals surface area contributed by atoms with Gasteiger partial charge in [-0.1, -0.05) is 0 Å². The zero-order valence-electron chi connectivity index (χ0n) is 15.9. The van der Waals surface area contributed by atoms with Gasteiger partial charge in [-0.2, -0.15) is 5.26 Å². The van der Waals surface area contributed by atoms with Gasteiger partial charge in [0.05, 0.1) is 0 Å². The number of carbonyl (C=O) groups excluding carboxylic acids is 1. The van der Waals surface area contributed by atoms with Crippen LogP contribution >= 0.6 is 0 Å². The maximum atomic E-state index is 12.3. The number of amides is 1. The van der Waals surface area contributed by atoms with Crippen LogP contribution < -0.4 is 21.3 Å². The summed E-state index contributed by atoms with van der Waals surface area (Å²) < 4.78 is 0. The van der Waals surface area contributed by atoms with Crippen molar-refractivity contribution in [3.05, 3.63) is 60.3 Å². The second-order valence-corrected chi connectivity index (χ2v) is 6.73. The van der Waals surface area contributed by atoms with Crippen LogP contribution in [0.2, 0.25) is 0 Å². The van der Waals surface area contributed by atoms with Gasteiger partial charge in [0, 0.05) is 55.1 Å². The summed E-state index contributed by atoms with van der Waals surface area (Å²) in [7, 11) is 2.13. The monoisotopic (exact) mass is 376 g/mol. The SMILES string of the molecule is CN1CCN(c2ccc(N/C=C(/C#N)C(=O)Nc3ccc(N)cc3)cc2)CC1. The fourth-order valence-electron chi connectivity index (χ4n) is 2.90. The highest BCUT2D eigenvalue weighted by atomic mass is 16.1. The summed E-state index contributed by atoms with van der Waals surface area (Å²) in [5.41, 5.74) is 8.78. The predicted octanol–water partition coefficient (Wildman–Crippen LogP) is 2.48. The van der Waals surface area contributed by atoms with Crippen LogP contribution in [0.1, 0.15) is 0 Å². The lowest BCUT2D eigenvalue weighted by Gasteiger charge is -2.34. The molecule has 2 aromatic rings. The molecule has 4 N–H and O–H groups in total. The summed E-state index contributed by atoms with van der Waals surface area (Å²) in [6.45, 7) is 4.12. The molecule has 1 aliphatic rings. The number of nitrogens with one attached hydrogen (secondary N) is 2. The molecule has 1 heterocycles. The van der Waals surface area contributed by atoms with E-state index in [4.69, 9.17) is 5.73 Å². The summed E-state index contributed by atoms with van der Waals surface area (Å²) in [5.74, 6) is -0.478. The van der Waals surface area contributed by atoms with Crippen LogP contribution in [0.5, 0.6) is 0 Å². The number of hydrogen-bond acceptors (Lipinski definition) is 6. The van der Waals surface area contributed by atoms with Crippen molar-refractivity contribution in [3.8, 4) is 6.07 Å². The molecule has 0 radical (unpaired) electrons. The topological polar surface area (TPSA) is 97.4 Å². The second-order valence-electron chi connectivity index (χ2n) is 6.73. The summed E-state index contributed by atoms with van der Waals surface area (Å²) in [6.07, 6.45) is 1.41. The molecule has 0 bridgehead atoms. The quantitative estimate of drug-likeness (QED) is 0.421. The molecule has 144 valence electrons. The number of carbonyl (C=O) groups is 1. The fraction of sp³-hybridized carbons (Fsp3) is 0.238. The highest BCUT2D eigenvalue weighted by molar-refractivity contribution is 6.06. The molecule has 1 aliphatic heterocycles. The minimum atomic E-state index is -0.478. The summed E-state index contributed by atoms with van der Waals surface area (Å²) in [4.78, 5) is 16.9. The Morgan fingerprint density at radius 1 is 1.04 bits per heavy atom. The fourth-order valence-corrected chi connectivity index (χ4v) is 2.90. The van der Waals surface area contributed by atoms with Crippen molar-refractivity contribution in [2.75, 3.05) is 54.5 Å².